The zero-order chi connectivity index (χ0) is 7.56. The molecule has 0 aliphatic rings. The van der Waals surface area contributed by atoms with Gasteiger partial charge in [0.1, 0.15) is 5.82 Å². The van der Waals surface area contributed by atoms with Gasteiger partial charge in [-0.3, -0.25) is 0 Å². The Morgan fingerprint density at radius 2 is 2.20 bits per heavy atom. The number of nitrogens with zero attached hydrogens (tertiary/aromatic N) is 1. The van der Waals surface area contributed by atoms with Crippen LogP contribution < -0.4 is 16.2 Å². The first-order valence-corrected chi connectivity index (χ1v) is 2.79. The van der Waals surface area contributed by atoms with E-state index >= 15 is 0 Å². The molecule has 0 radical (unpaired) electrons. The van der Waals surface area contributed by atoms with Crippen molar-refractivity contribution in [2.45, 2.75) is 0 Å². The van der Waals surface area contributed by atoms with Gasteiger partial charge in [-0.1, -0.05) is 0 Å². The van der Waals surface area contributed by atoms with Crippen LogP contribution in [0.1, 0.15) is 0 Å². The van der Waals surface area contributed by atoms with Crippen LogP contribution in [0.4, 0.5) is 11.5 Å². The number of anilines is 2. The van der Waals surface area contributed by atoms with Crippen LogP contribution >= 0.6 is 0 Å². The molecule has 0 aliphatic heterocycles. The molecule has 0 aromatic carbocycles. The van der Waals surface area contributed by atoms with Crippen LogP contribution in [0.15, 0.2) is 12.3 Å². The molecule has 0 fully saturated rings. The molecule has 1 heterocycles. The molecule has 1 rings (SSSR count). The maximum Gasteiger partial charge on any atom is 0.160 e. The molecule has 54 valence electrons. The first kappa shape index (κ1) is 6.67. The summed E-state index contributed by atoms with van der Waals surface area (Å²) in [6.45, 7) is 0. The normalized spacial score (nSPS) is 9.30. The number of rotatable bonds is 1. The van der Waals surface area contributed by atoms with E-state index in [9.17, 15) is 0 Å². The molecule has 4 heteroatoms. The first-order chi connectivity index (χ1) is 4.74. The SMILES string of the molecule is COc1cnc(N)cc1N. The largest absolute Gasteiger partial charge is 0.493 e. The summed E-state index contributed by atoms with van der Waals surface area (Å²) in [5.74, 6) is 0.951. The monoisotopic (exact) mass is 139 g/mol. The summed E-state index contributed by atoms with van der Waals surface area (Å²) < 4.78 is 4.86. The van der Waals surface area contributed by atoms with Crippen molar-refractivity contribution in [3.8, 4) is 5.75 Å². The second kappa shape index (κ2) is 2.43. The van der Waals surface area contributed by atoms with E-state index in [0.29, 0.717) is 17.3 Å². The summed E-state index contributed by atoms with van der Waals surface area (Å²) in [5, 5.41) is 0. The fraction of sp³-hybridized carbons (Fsp3) is 0.167. The lowest BCUT2D eigenvalue weighted by molar-refractivity contribution is 0.415. The molecule has 0 spiro atoms. The third-order valence-electron chi connectivity index (χ3n) is 1.14. The Kier molecular flexibility index (Phi) is 1.62. The Morgan fingerprint density at radius 1 is 1.50 bits per heavy atom. The summed E-state index contributed by atoms with van der Waals surface area (Å²) in [7, 11) is 1.53. The molecule has 1 aromatic rings. The highest BCUT2D eigenvalue weighted by Gasteiger charge is 1.97. The molecule has 0 bridgehead atoms. The number of nitrogens with two attached hydrogens (primary N) is 2. The Balaban J connectivity index is 3.07. The molecule has 0 atom stereocenters. The molecule has 0 amide bonds. The van der Waals surface area contributed by atoms with Gasteiger partial charge < -0.3 is 16.2 Å². The predicted molar refractivity (Wildman–Crippen MR) is 39.6 cm³/mol. The number of aromatic nitrogens is 1. The van der Waals surface area contributed by atoms with Crippen molar-refractivity contribution in [3.05, 3.63) is 12.3 Å². The maximum atomic E-state index is 5.49. The van der Waals surface area contributed by atoms with Crippen LogP contribution in [-0.2, 0) is 0 Å². The molecular weight excluding hydrogens is 130 g/mol. The van der Waals surface area contributed by atoms with Crippen molar-refractivity contribution in [1.82, 2.24) is 4.98 Å². The van der Waals surface area contributed by atoms with Gasteiger partial charge in [-0.15, -0.1) is 0 Å². The summed E-state index contributed by atoms with van der Waals surface area (Å²) in [5.41, 5.74) is 11.3. The third-order valence-corrected chi connectivity index (χ3v) is 1.14. The van der Waals surface area contributed by atoms with Gasteiger partial charge in [-0.25, -0.2) is 4.98 Å². The number of hydrogen-bond donors (Lipinski definition) is 2. The first-order valence-electron chi connectivity index (χ1n) is 2.79. The van der Waals surface area contributed by atoms with E-state index in [2.05, 4.69) is 4.98 Å². The van der Waals surface area contributed by atoms with Gasteiger partial charge in [0.05, 0.1) is 19.0 Å². The number of ether oxygens (including phenoxy) is 1. The summed E-state index contributed by atoms with van der Waals surface area (Å²) in [6, 6.07) is 1.55. The molecule has 4 nitrogen and oxygen atoms in total. The van der Waals surface area contributed by atoms with Gasteiger partial charge in [0.2, 0.25) is 0 Å². The van der Waals surface area contributed by atoms with E-state index < -0.39 is 0 Å². The fourth-order valence-electron chi connectivity index (χ4n) is 0.646. The van der Waals surface area contributed by atoms with Gasteiger partial charge >= 0.3 is 0 Å². The van der Waals surface area contributed by atoms with Crippen LogP contribution in [0.2, 0.25) is 0 Å². The van der Waals surface area contributed by atoms with Gasteiger partial charge in [0, 0.05) is 6.07 Å². The van der Waals surface area contributed by atoms with E-state index in [1.54, 1.807) is 6.07 Å². The highest BCUT2D eigenvalue weighted by atomic mass is 16.5. The molecule has 1 aromatic heterocycles. The standard InChI is InChI=1S/C6H9N3O/c1-10-5-3-9-6(8)2-4(5)7/h2-3H,1H3,(H4,7,8,9). The quantitative estimate of drug-likeness (QED) is 0.585. The Bertz CT molecular complexity index is 236. The summed E-state index contributed by atoms with van der Waals surface area (Å²) >= 11 is 0. The molecule has 10 heavy (non-hydrogen) atoms. The van der Waals surface area contributed by atoms with Crippen molar-refractivity contribution >= 4 is 11.5 Å². The van der Waals surface area contributed by atoms with Crippen LogP contribution in [0, 0.1) is 0 Å². The van der Waals surface area contributed by atoms with E-state index in [-0.39, 0.29) is 0 Å². The molecule has 0 saturated heterocycles. The fourth-order valence-corrected chi connectivity index (χ4v) is 0.646. The number of pyridine rings is 1. The van der Waals surface area contributed by atoms with Gasteiger partial charge in [0.15, 0.2) is 5.75 Å². The van der Waals surface area contributed by atoms with Crippen molar-refractivity contribution in [1.29, 1.82) is 0 Å². The molecule has 4 N–H and O–H groups in total. The average Bonchev–Trinajstić information content (AvgIpc) is 1.88. The number of hydrogen-bond acceptors (Lipinski definition) is 4. The summed E-state index contributed by atoms with van der Waals surface area (Å²) in [6.07, 6.45) is 1.49. The van der Waals surface area contributed by atoms with Gasteiger partial charge in [-0.2, -0.15) is 0 Å². The van der Waals surface area contributed by atoms with Crippen LogP contribution in [0.5, 0.6) is 5.75 Å². The third kappa shape index (κ3) is 1.10. The highest BCUT2D eigenvalue weighted by molar-refractivity contribution is 5.56. The van der Waals surface area contributed by atoms with Crippen LogP contribution in [0.3, 0.4) is 0 Å². The Labute approximate surface area is 58.8 Å². The lowest BCUT2D eigenvalue weighted by atomic mass is 10.4. The maximum absolute atomic E-state index is 5.49. The van der Waals surface area contributed by atoms with Crippen LogP contribution in [0.25, 0.3) is 0 Å². The minimum absolute atomic E-state index is 0.401. The lowest BCUT2D eigenvalue weighted by Crippen LogP contribution is -1.96. The Morgan fingerprint density at radius 3 is 2.70 bits per heavy atom. The van der Waals surface area contributed by atoms with Crippen molar-refractivity contribution in [3.63, 3.8) is 0 Å². The van der Waals surface area contributed by atoms with E-state index in [1.807, 2.05) is 0 Å². The molecule has 0 unspecified atom stereocenters. The van der Waals surface area contributed by atoms with E-state index in [1.165, 1.54) is 13.3 Å². The van der Waals surface area contributed by atoms with Gasteiger partial charge in [-0.05, 0) is 0 Å². The summed E-state index contributed by atoms with van der Waals surface area (Å²) in [4.78, 5) is 3.78. The number of nitrogen functional groups attached to an aromatic ring is 2. The minimum atomic E-state index is 0.401. The average molecular weight is 139 g/mol. The van der Waals surface area contributed by atoms with Crippen molar-refractivity contribution in [2.75, 3.05) is 18.6 Å². The van der Waals surface area contributed by atoms with Crippen molar-refractivity contribution in [2.24, 2.45) is 0 Å². The zero-order valence-corrected chi connectivity index (χ0v) is 5.66. The van der Waals surface area contributed by atoms with Crippen LogP contribution in [-0.4, -0.2) is 12.1 Å². The Hall–Kier alpha value is -1.45. The molecular formula is C6H9N3O. The molecule has 0 saturated carbocycles. The highest BCUT2D eigenvalue weighted by Crippen LogP contribution is 2.19. The minimum Gasteiger partial charge on any atom is -0.493 e. The topological polar surface area (TPSA) is 74.2 Å². The molecule has 0 aliphatic carbocycles. The predicted octanol–water partition coefficient (Wildman–Crippen LogP) is 0.255. The van der Waals surface area contributed by atoms with Gasteiger partial charge in [0.25, 0.3) is 0 Å². The van der Waals surface area contributed by atoms with E-state index in [4.69, 9.17) is 16.2 Å². The second-order valence-electron chi connectivity index (χ2n) is 1.85. The van der Waals surface area contributed by atoms with E-state index in [0.717, 1.165) is 0 Å². The lowest BCUT2D eigenvalue weighted by Gasteiger charge is -2.02. The number of methoxy groups -OCH3 is 1. The second-order valence-corrected chi connectivity index (χ2v) is 1.85. The van der Waals surface area contributed by atoms with Crippen molar-refractivity contribution < 1.29 is 4.74 Å². The smallest absolute Gasteiger partial charge is 0.160 e. The zero-order valence-electron chi connectivity index (χ0n) is 5.66.